The Morgan fingerprint density at radius 1 is 1.26 bits per heavy atom. The summed E-state index contributed by atoms with van der Waals surface area (Å²) in [5.41, 5.74) is 5.43. The summed E-state index contributed by atoms with van der Waals surface area (Å²) >= 11 is 0. The van der Waals surface area contributed by atoms with E-state index in [1.54, 1.807) is 7.11 Å². The van der Waals surface area contributed by atoms with E-state index in [0.717, 1.165) is 24.9 Å². The van der Waals surface area contributed by atoms with Crippen molar-refractivity contribution in [2.45, 2.75) is 39.7 Å². The molecule has 0 amide bonds. The molecule has 1 aromatic carbocycles. The van der Waals surface area contributed by atoms with Gasteiger partial charge in [0.1, 0.15) is 5.75 Å². The second-order valence-electron chi connectivity index (χ2n) is 4.33. The summed E-state index contributed by atoms with van der Waals surface area (Å²) in [6, 6.07) is 10.5. The average molecular weight is 266 g/mol. The minimum atomic E-state index is 0.786. The summed E-state index contributed by atoms with van der Waals surface area (Å²) in [6.45, 7) is 9.44. The first-order valence-electron chi connectivity index (χ1n) is 7.31. The zero-order valence-electron chi connectivity index (χ0n) is 12.9. The lowest BCUT2D eigenvalue weighted by molar-refractivity contribution is 0.276. The van der Waals surface area contributed by atoms with Crippen molar-refractivity contribution in [3.63, 3.8) is 0 Å². The molecule has 0 aliphatic carbocycles. The van der Waals surface area contributed by atoms with Gasteiger partial charge in [-0.2, -0.15) is 0 Å². The van der Waals surface area contributed by atoms with Crippen molar-refractivity contribution in [3.8, 4) is 5.75 Å². The molecule has 1 aromatic rings. The van der Waals surface area contributed by atoms with E-state index in [1.807, 2.05) is 44.2 Å². The number of benzene rings is 1. The highest BCUT2D eigenvalue weighted by atomic mass is 16.5. The molecule has 1 unspecified atom stereocenters. The molecular formula is C16H30N2O. The maximum absolute atomic E-state index is 5.43. The summed E-state index contributed by atoms with van der Waals surface area (Å²) in [7, 11) is 1.66. The van der Waals surface area contributed by atoms with Gasteiger partial charge >= 0.3 is 0 Å². The van der Waals surface area contributed by atoms with Gasteiger partial charge in [-0.15, -0.1) is 0 Å². The molecule has 19 heavy (non-hydrogen) atoms. The summed E-state index contributed by atoms with van der Waals surface area (Å²) in [5.74, 6) is 0.910. The summed E-state index contributed by atoms with van der Waals surface area (Å²) in [6.07, 6.45) is 2.72. The Labute approximate surface area is 118 Å². The molecule has 0 bridgehead atoms. The summed E-state index contributed by atoms with van der Waals surface area (Å²) in [4.78, 5) is 2.46. The predicted molar refractivity (Wildman–Crippen MR) is 83.7 cm³/mol. The second kappa shape index (κ2) is 12.0. The van der Waals surface area contributed by atoms with Crippen molar-refractivity contribution in [1.29, 1.82) is 0 Å². The van der Waals surface area contributed by atoms with Gasteiger partial charge in [-0.3, -0.25) is 4.90 Å². The molecule has 2 N–H and O–H groups in total. The number of rotatable bonds is 3. The third kappa shape index (κ3) is 7.85. The minimum absolute atomic E-state index is 0.786. The van der Waals surface area contributed by atoms with Crippen molar-refractivity contribution < 1.29 is 4.74 Å². The van der Waals surface area contributed by atoms with Crippen LogP contribution in [0.3, 0.4) is 0 Å². The highest BCUT2D eigenvalue weighted by Gasteiger charge is 2.18. The van der Waals surface area contributed by atoms with E-state index >= 15 is 0 Å². The fourth-order valence-corrected chi connectivity index (χ4v) is 2.05. The Hall–Kier alpha value is -1.06. The first-order valence-corrected chi connectivity index (χ1v) is 7.31. The van der Waals surface area contributed by atoms with E-state index < -0.39 is 0 Å². The quantitative estimate of drug-likeness (QED) is 0.913. The molecule has 3 nitrogen and oxygen atoms in total. The lowest BCUT2D eigenvalue weighted by atomic mass is 10.2. The summed E-state index contributed by atoms with van der Waals surface area (Å²) in [5, 5.41) is 0. The van der Waals surface area contributed by atoms with Crippen molar-refractivity contribution in [3.05, 3.63) is 30.3 Å². The maximum atomic E-state index is 5.43. The molecule has 2 rings (SSSR count). The number of hydrogen-bond donors (Lipinski definition) is 1. The molecule has 0 saturated carbocycles. The number of para-hydroxylation sites is 1. The van der Waals surface area contributed by atoms with Crippen LogP contribution < -0.4 is 10.5 Å². The zero-order chi connectivity index (χ0) is 14.5. The van der Waals surface area contributed by atoms with Gasteiger partial charge in [-0.05, 0) is 38.4 Å². The van der Waals surface area contributed by atoms with Crippen molar-refractivity contribution in [1.82, 2.24) is 4.90 Å². The third-order valence-corrected chi connectivity index (χ3v) is 3.09. The topological polar surface area (TPSA) is 38.5 Å². The summed E-state index contributed by atoms with van der Waals surface area (Å²) < 4.78 is 4.91. The fourth-order valence-electron chi connectivity index (χ4n) is 2.05. The van der Waals surface area contributed by atoms with Crippen LogP contribution >= 0.6 is 0 Å². The van der Waals surface area contributed by atoms with Gasteiger partial charge in [0.05, 0.1) is 7.11 Å². The largest absolute Gasteiger partial charge is 0.497 e. The van der Waals surface area contributed by atoms with Crippen LogP contribution in [-0.2, 0) is 0 Å². The minimum Gasteiger partial charge on any atom is -0.497 e. The maximum Gasteiger partial charge on any atom is 0.118 e. The van der Waals surface area contributed by atoms with Crippen molar-refractivity contribution >= 4 is 0 Å². The number of nitrogens with zero attached hydrogens (tertiary/aromatic N) is 1. The Balaban J connectivity index is 0.000000303. The molecule has 0 aromatic heterocycles. The second-order valence-corrected chi connectivity index (χ2v) is 4.33. The fraction of sp³-hybridized carbons (Fsp3) is 0.625. The predicted octanol–water partition coefficient (Wildman–Crippen LogP) is 3.15. The molecule has 110 valence electrons. The standard InChI is InChI=1S/C7H16N2.C7H8O.C2H6/c1-7-3-2-5-9(7)6-4-8;1-8-7-5-3-2-4-6-7;1-2/h7H,2-6,8H2,1H3;2-6H,1H3;1-2H3. The first kappa shape index (κ1) is 17.9. The molecule has 0 radical (unpaired) electrons. The van der Waals surface area contributed by atoms with Crippen LogP contribution in [0.5, 0.6) is 5.75 Å². The number of nitrogens with two attached hydrogens (primary N) is 1. The van der Waals surface area contributed by atoms with E-state index in [2.05, 4.69) is 11.8 Å². The van der Waals surface area contributed by atoms with Gasteiger partial charge in [-0.1, -0.05) is 32.0 Å². The monoisotopic (exact) mass is 266 g/mol. The lowest BCUT2D eigenvalue weighted by Crippen LogP contribution is -2.31. The van der Waals surface area contributed by atoms with Gasteiger partial charge in [0.25, 0.3) is 0 Å². The van der Waals surface area contributed by atoms with Gasteiger partial charge < -0.3 is 10.5 Å². The molecule has 1 atom stereocenters. The van der Waals surface area contributed by atoms with Gasteiger partial charge in [0, 0.05) is 19.1 Å². The van der Waals surface area contributed by atoms with Crippen molar-refractivity contribution in [2.75, 3.05) is 26.7 Å². The van der Waals surface area contributed by atoms with Crippen LogP contribution in [-0.4, -0.2) is 37.7 Å². The molecule has 1 fully saturated rings. The Kier molecular flexibility index (Phi) is 11.3. The number of likely N-dealkylation sites (tertiary alicyclic amines) is 1. The highest BCUT2D eigenvalue weighted by Crippen LogP contribution is 2.14. The van der Waals surface area contributed by atoms with Crippen LogP contribution in [0.1, 0.15) is 33.6 Å². The highest BCUT2D eigenvalue weighted by molar-refractivity contribution is 5.20. The van der Waals surface area contributed by atoms with Crippen LogP contribution in [0.2, 0.25) is 0 Å². The van der Waals surface area contributed by atoms with Crippen molar-refractivity contribution in [2.24, 2.45) is 5.73 Å². The first-order chi connectivity index (χ1) is 9.27. The molecule has 0 spiro atoms. The molecule has 1 aliphatic heterocycles. The number of hydrogen-bond acceptors (Lipinski definition) is 3. The molecular weight excluding hydrogens is 236 g/mol. The van der Waals surface area contributed by atoms with E-state index in [0.29, 0.717) is 0 Å². The van der Waals surface area contributed by atoms with Gasteiger partial charge in [0.2, 0.25) is 0 Å². The van der Waals surface area contributed by atoms with Crippen LogP contribution in [0.15, 0.2) is 30.3 Å². The number of ether oxygens (including phenoxy) is 1. The zero-order valence-corrected chi connectivity index (χ0v) is 12.9. The van der Waals surface area contributed by atoms with Crippen LogP contribution in [0, 0.1) is 0 Å². The van der Waals surface area contributed by atoms with Crippen LogP contribution in [0.25, 0.3) is 0 Å². The normalized spacial score (nSPS) is 17.8. The smallest absolute Gasteiger partial charge is 0.118 e. The van der Waals surface area contributed by atoms with E-state index in [1.165, 1.54) is 19.4 Å². The molecule has 3 heteroatoms. The van der Waals surface area contributed by atoms with Crippen LogP contribution in [0.4, 0.5) is 0 Å². The van der Waals surface area contributed by atoms with Gasteiger partial charge in [-0.25, -0.2) is 0 Å². The van der Waals surface area contributed by atoms with Gasteiger partial charge in [0.15, 0.2) is 0 Å². The van der Waals surface area contributed by atoms with E-state index in [-0.39, 0.29) is 0 Å². The lowest BCUT2D eigenvalue weighted by Gasteiger charge is -2.19. The van der Waals surface area contributed by atoms with E-state index in [9.17, 15) is 0 Å². The number of methoxy groups -OCH3 is 1. The average Bonchev–Trinajstić information content (AvgIpc) is 2.89. The Morgan fingerprint density at radius 2 is 1.89 bits per heavy atom. The Morgan fingerprint density at radius 3 is 2.26 bits per heavy atom. The molecule has 1 heterocycles. The SMILES string of the molecule is CC.CC1CCCN1CCN.COc1ccccc1. The molecule has 1 saturated heterocycles. The Bertz CT molecular complexity index is 290. The van der Waals surface area contributed by atoms with E-state index in [4.69, 9.17) is 10.5 Å². The molecule has 1 aliphatic rings. The third-order valence-electron chi connectivity index (χ3n) is 3.09.